The first kappa shape index (κ1) is 49.0. The number of benzene rings is 2. The lowest BCUT2D eigenvalue weighted by atomic mass is 10.2. The fourth-order valence-electron chi connectivity index (χ4n) is 4.06. The number of para-hydroxylation sites is 2. The molecule has 2 aromatic carbocycles. The summed E-state index contributed by atoms with van der Waals surface area (Å²) in [7, 11) is 0. The highest BCUT2D eigenvalue weighted by molar-refractivity contribution is 5.72. The number of esters is 2. The summed E-state index contributed by atoms with van der Waals surface area (Å²) in [5.41, 5.74) is 9.31. The van der Waals surface area contributed by atoms with Gasteiger partial charge in [-0.1, -0.05) is 36.4 Å². The average molecular weight is 859 g/mol. The Labute approximate surface area is 356 Å². The predicted molar refractivity (Wildman–Crippen MR) is 216 cm³/mol. The van der Waals surface area contributed by atoms with Crippen LogP contribution in [0.4, 0.5) is 9.59 Å². The minimum atomic E-state index is -0.637. The van der Waals surface area contributed by atoms with E-state index in [0.717, 1.165) is 0 Å². The van der Waals surface area contributed by atoms with Crippen molar-refractivity contribution in [3.63, 3.8) is 0 Å². The summed E-state index contributed by atoms with van der Waals surface area (Å²) in [6.45, 7) is 11.3. The standard InChI is InChI=1S/C19H17N5O4.C15H25N5O4.C4H8N6/c25-18(27-14-7-3-1-4-8-14)12-11-16-21-23-17(24-22-16)13-20-19(26)28-15-9-5-2-6-10-15;1-14(2,3)23-12(21)8-7-10-17-19-11(20-18-10)9-16-13(22)24-15(4,5)6;5-1-3-7-9-4(2-6)10-8-3/h1-10H,11-13H2,(H,20,26);7-9H2,1-6H3,(H,16,22);1-2,5-6H2. The zero-order chi connectivity index (χ0) is 45.4. The molecule has 0 aliphatic carbocycles. The van der Waals surface area contributed by atoms with Gasteiger partial charge in [-0.2, -0.15) is 0 Å². The molecule has 3 heterocycles. The van der Waals surface area contributed by atoms with Crippen LogP contribution in [0.2, 0.25) is 0 Å². The molecule has 0 spiro atoms. The molecule has 3 aromatic heterocycles. The van der Waals surface area contributed by atoms with E-state index < -0.39 is 29.4 Å². The Balaban J connectivity index is 0.000000273. The number of hydrogen-bond acceptors (Lipinski definition) is 22. The van der Waals surface area contributed by atoms with Gasteiger partial charge in [-0.25, -0.2) is 9.59 Å². The first-order valence-electron chi connectivity index (χ1n) is 19.0. The number of hydrogen-bond donors (Lipinski definition) is 4. The average Bonchev–Trinajstić information content (AvgIpc) is 3.24. The smallest absolute Gasteiger partial charge is 0.412 e. The van der Waals surface area contributed by atoms with Gasteiger partial charge in [0.25, 0.3) is 0 Å². The molecule has 5 rings (SSSR count). The van der Waals surface area contributed by atoms with Crippen LogP contribution in [0, 0.1) is 0 Å². The molecule has 0 unspecified atom stereocenters. The molecular formula is C38H50N16O8. The number of ether oxygens (including phenoxy) is 4. The molecule has 0 bridgehead atoms. The summed E-state index contributed by atoms with van der Waals surface area (Å²) in [4.78, 5) is 46.6. The van der Waals surface area contributed by atoms with Crippen molar-refractivity contribution in [2.45, 2.75) is 105 Å². The number of nitrogens with one attached hydrogen (secondary N) is 2. The molecule has 6 N–H and O–H groups in total. The maximum absolute atomic E-state index is 11.8. The van der Waals surface area contributed by atoms with Crippen LogP contribution in [-0.4, -0.2) is 96.5 Å². The topological polar surface area (TPSA) is 336 Å². The second kappa shape index (κ2) is 25.3. The number of rotatable bonds is 14. The van der Waals surface area contributed by atoms with E-state index in [0.29, 0.717) is 34.8 Å². The zero-order valence-corrected chi connectivity index (χ0v) is 35.2. The van der Waals surface area contributed by atoms with E-state index in [2.05, 4.69) is 71.8 Å². The van der Waals surface area contributed by atoms with Crippen molar-refractivity contribution in [1.29, 1.82) is 0 Å². The summed E-state index contributed by atoms with van der Waals surface area (Å²) >= 11 is 0. The van der Waals surface area contributed by atoms with Gasteiger partial charge < -0.3 is 41.0 Å². The van der Waals surface area contributed by atoms with E-state index in [9.17, 15) is 19.2 Å². The van der Waals surface area contributed by atoms with Gasteiger partial charge in [0, 0.05) is 12.8 Å². The second-order valence-electron chi connectivity index (χ2n) is 14.4. The van der Waals surface area contributed by atoms with E-state index in [4.69, 9.17) is 30.4 Å². The van der Waals surface area contributed by atoms with Crippen molar-refractivity contribution in [2.24, 2.45) is 11.5 Å². The molecule has 24 nitrogen and oxygen atoms in total. The Bertz CT molecular complexity index is 1960. The van der Waals surface area contributed by atoms with Crippen molar-refractivity contribution < 1.29 is 38.1 Å². The van der Waals surface area contributed by atoms with Crippen LogP contribution >= 0.6 is 0 Å². The van der Waals surface area contributed by atoms with Crippen LogP contribution < -0.4 is 31.6 Å². The van der Waals surface area contributed by atoms with Crippen molar-refractivity contribution in [1.82, 2.24) is 71.8 Å². The number of nitrogens with zero attached hydrogens (tertiary/aromatic N) is 12. The molecule has 0 radical (unpaired) electrons. The third-order valence-corrected chi connectivity index (χ3v) is 6.69. The molecule has 0 saturated carbocycles. The highest BCUT2D eigenvalue weighted by Gasteiger charge is 2.18. The van der Waals surface area contributed by atoms with Gasteiger partial charge in [-0.05, 0) is 65.8 Å². The van der Waals surface area contributed by atoms with E-state index in [1.54, 1.807) is 90.1 Å². The molecule has 24 heteroatoms. The molecule has 62 heavy (non-hydrogen) atoms. The number of amides is 2. The molecule has 0 saturated heterocycles. The number of aryl methyl sites for hydroxylation is 2. The second-order valence-corrected chi connectivity index (χ2v) is 14.4. The van der Waals surface area contributed by atoms with Gasteiger partial charge in [-0.3, -0.25) is 9.59 Å². The van der Waals surface area contributed by atoms with Crippen molar-refractivity contribution in [3.05, 3.63) is 95.6 Å². The third-order valence-electron chi connectivity index (χ3n) is 6.69. The molecule has 0 fully saturated rings. The first-order chi connectivity index (χ1) is 29.5. The fourth-order valence-corrected chi connectivity index (χ4v) is 4.06. The van der Waals surface area contributed by atoms with E-state index >= 15 is 0 Å². The van der Waals surface area contributed by atoms with Crippen LogP contribution in [0.15, 0.2) is 60.7 Å². The summed E-state index contributed by atoms with van der Waals surface area (Å²) in [5, 5.41) is 50.6. The maximum Gasteiger partial charge on any atom is 0.412 e. The summed E-state index contributed by atoms with van der Waals surface area (Å²) in [6.07, 6.45) is -0.429. The molecule has 330 valence electrons. The Hall–Kier alpha value is -7.34. The highest BCUT2D eigenvalue weighted by atomic mass is 16.6. The lowest BCUT2D eigenvalue weighted by molar-refractivity contribution is -0.154. The molecule has 0 atom stereocenters. The first-order valence-corrected chi connectivity index (χ1v) is 19.0. The minimum absolute atomic E-state index is 0.0159. The van der Waals surface area contributed by atoms with Crippen LogP contribution in [0.5, 0.6) is 11.5 Å². The molecule has 2 amide bonds. The van der Waals surface area contributed by atoms with Gasteiger partial charge in [0.1, 0.15) is 22.7 Å². The van der Waals surface area contributed by atoms with Gasteiger partial charge in [0.05, 0.1) is 39.0 Å². The van der Waals surface area contributed by atoms with Gasteiger partial charge in [0.2, 0.25) is 0 Å². The maximum atomic E-state index is 11.8. The molecule has 0 aliphatic heterocycles. The van der Waals surface area contributed by atoms with Crippen molar-refractivity contribution >= 4 is 24.1 Å². The van der Waals surface area contributed by atoms with Crippen molar-refractivity contribution in [2.75, 3.05) is 0 Å². The van der Waals surface area contributed by atoms with Crippen molar-refractivity contribution in [3.8, 4) is 11.5 Å². The monoisotopic (exact) mass is 858 g/mol. The SMILES string of the molecule is CC(C)(C)OC(=O)CCc1nnc(CNC(=O)OC(C)(C)C)nn1.NCc1nnc(CN)nn1.O=C(CCc1nnc(CNC(=O)Oc2ccccc2)nn1)Oc1ccccc1. The summed E-state index contributed by atoms with van der Waals surface area (Å²) < 4.78 is 20.5. The van der Waals surface area contributed by atoms with Crippen LogP contribution in [0.25, 0.3) is 0 Å². The summed E-state index contributed by atoms with van der Waals surface area (Å²) in [5.74, 6) is 2.15. The normalized spacial score (nSPS) is 10.7. The largest absolute Gasteiger partial charge is 0.460 e. The fraction of sp³-hybridized carbons (Fsp3) is 0.421. The Morgan fingerprint density at radius 1 is 0.468 bits per heavy atom. The van der Waals surface area contributed by atoms with E-state index in [1.807, 2.05) is 12.1 Å². The Morgan fingerprint density at radius 3 is 1.23 bits per heavy atom. The number of alkyl carbamates (subject to hydrolysis) is 1. The Kier molecular flexibility index (Phi) is 20.0. The van der Waals surface area contributed by atoms with E-state index in [-0.39, 0.29) is 69.5 Å². The highest BCUT2D eigenvalue weighted by Crippen LogP contribution is 2.11. The lowest BCUT2D eigenvalue weighted by Gasteiger charge is -2.19. The lowest BCUT2D eigenvalue weighted by Crippen LogP contribution is -2.32. The Morgan fingerprint density at radius 2 is 0.823 bits per heavy atom. The van der Waals surface area contributed by atoms with E-state index in [1.165, 1.54) is 0 Å². The van der Waals surface area contributed by atoms with Gasteiger partial charge >= 0.3 is 24.1 Å². The number of carbonyl (C=O) groups is 4. The molecule has 0 aliphatic rings. The third kappa shape index (κ3) is 21.6. The predicted octanol–water partition coefficient (Wildman–Crippen LogP) is 1.84. The van der Waals surface area contributed by atoms with Gasteiger partial charge in [-0.15, -0.1) is 61.2 Å². The zero-order valence-electron chi connectivity index (χ0n) is 35.2. The van der Waals surface area contributed by atoms with Crippen LogP contribution in [0.3, 0.4) is 0 Å². The quantitative estimate of drug-likeness (QED) is 0.0914. The molecule has 5 aromatic rings. The number of nitrogens with two attached hydrogens (primary N) is 2. The van der Waals surface area contributed by atoms with Crippen LogP contribution in [0.1, 0.15) is 89.3 Å². The number of carbonyl (C=O) groups excluding carboxylic acids is 4. The minimum Gasteiger partial charge on any atom is -0.460 e. The van der Waals surface area contributed by atoms with Crippen LogP contribution in [-0.2, 0) is 58.1 Å². The molecular weight excluding hydrogens is 809 g/mol. The summed E-state index contributed by atoms with van der Waals surface area (Å²) in [6, 6.07) is 17.4. The number of aromatic nitrogens is 12. The van der Waals surface area contributed by atoms with Gasteiger partial charge in [0.15, 0.2) is 34.9 Å².